The van der Waals surface area contributed by atoms with Crippen molar-refractivity contribution >= 4 is 5.97 Å². The standard InChI is InChI=1S/C15H10F2O2/c1-19-14(18)9-6-7-13-11(8-9)10-4-2-3-5-12(10)15(13,16)17/h2-8H,1H3. The van der Waals surface area contributed by atoms with Gasteiger partial charge in [0.05, 0.1) is 12.7 Å². The Kier molecular flexibility index (Phi) is 2.42. The van der Waals surface area contributed by atoms with Crippen molar-refractivity contribution in [3.8, 4) is 11.1 Å². The molecule has 0 aromatic heterocycles. The summed E-state index contributed by atoms with van der Waals surface area (Å²) >= 11 is 0. The molecular weight excluding hydrogens is 250 g/mol. The van der Waals surface area contributed by atoms with Crippen molar-refractivity contribution in [1.29, 1.82) is 0 Å². The van der Waals surface area contributed by atoms with E-state index in [0.29, 0.717) is 11.1 Å². The molecule has 2 nitrogen and oxygen atoms in total. The van der Waals surface area contributed by atoms with Gasteiger partial charge in [-0.15, -0.1) is 0 Å². The zero-order chi connectivity index (χ0) is 13.6. The van der Waals surface area contributed by atoms with Gasteiger partial charge in [0.15, 0.2) is 0 Å². The highest BCUT2D eigenvalue weighted by molar-refractivity contribution is 5.93. The first kappa shape index (κ1) is 11.8. The molecule has 0 heterocycles. The van der Waals surface area contributed by atoms with Crippen molar-refractivity contribution in [2.75, 3.05) is 7.11 Å². The van der Waals surface area contributed by atoms with E-state index < -0.39 is 11.9 Å². The summed E-state index contributed by atoms with van der Waals surface area (Å²) in [6, 6.07) is 10.4. The van der Waals surface area contributed by atoms with E-state index in [1.807, 2.05) is 0 Å². The largest absolute Gasteiger partial charge is 0.465 e. The van der Waals surface area contributed by atoms with E-state index in [9.17, 15) is 13.6 Å². The number of esters is 1. The molecule has 3 rings (SSSR count). The summed E-state index contributed by atoms with van der Waals surface area (Å²) < 4.78 is 33.1. The van der Waals surface area contributed by atoms with Gasteiger partial charge in [0.25, 0.3) is 5.92 Å². The van der Waals surface area contributed by atoms with Gasteiger partial charge >= 0.3 is 5.97 Å². The first-order valence-electron chi connectivity index (χ1n) is 5.76. The number of halogens is 2. The number of carbonyl (C=O) groups is 1. The van der Waals surface area contributed by atoms with Crippen LogP contribution in [0.2, 0.25) is 0 Å². The highest BCUT2D eigenvalue weighted by atomic mass is 19.3. The van der Waals surface area contributed by atoms with Crippen LogP contribution in [0, 0.1) is 0 Å². The summed E-state index contributed by atoms with van der Waals surface area (Å²) in [5.74, 6) is -3.55. The molecule has 2 aromatic carbocycles. The van der Waals surface area contributed by atoms with E-state index in [1.54, 1.807) is 18.2 Å². The Bertz CT molecular complexity index is 678. The van der Waals surface area contributed by atoms with Crippen LogP contribution in [-0.4, -0.2) is 13.1 Å². The van der Waals surface area contributed by atoms with Crippen LogP contribution in [0.5, 0.6) is 0 Å². The van der Waals surface area contributed by atoms with Crippen LogP contribution < -0.4 is 0 Å². The average Bonchev–Trinajstić information content (AvgIpc) is 2.67. The Morgan fingerprint density at radius 2 is 1.74 bits per heavy atom. The topological polar surface area (TPSA) is 26.3 Å². The number of hydrogen-bond donors (Lipinski definition) is 0. The number of alkyl halides is 2. The summed E-state index contributed by atoms with van der Waals surface area (Å²) in [7, 11) is 1.26. The Hall–Kier alpha value is -2.23. The molecule has 0 saturated carbocycles. The lowest BCUT2D eigenvalue weighted by Crippen LogP contribution is -2.11. The highest BCUT2D eigenvalue weighted by Gasteiger charge is 2.44. The smallest absolute Gasteiger partial charge is 0.337 e. The van der Waals surface area contributed by atoms with E-state index >= 15 is 0 Å². The second kappa shape index (κ2) is 3.88. The van der Waals surface area contributed by atoms with Crippen molar-refractivity contribution in [1.82, 2.24) is 0 Å². The number of ether oxygens (including phenoxy) is 1. The average molecular weight is 260 g/mol. The lowest BCUT2D eigenvalue weighted by Gasteiger charge is -2.11. The molecule has 19 heavy (non-hydrogen) atoms. The van der Waals surface area contributed by atoms with Crippen LogP contribution in [0.25, 0.3) is 11.1 Å². The lowest BCUT2D eigenvalue weighted by atomic mass is 10.0. The van der Waals surface area contributed by atoms with Gasteiger partial charge in [0, 0.05) is 11.1 Å². The zero-order valence-corrected chi connectivity index (χ0v) is 10.1. The summed E-state index contributed by atoms with van der Waals surface area (Å²) in [6.45, 7) is 0. The van der Waals surface area contributed by atoms with Gasteiger partial charge in [-0.2, -0.15) is 8.78 Å². The molecule has 0 saturated heterocycles. The van der Waals surface area contributed by atoms with Crippen LogP contribution in [0.4, 0.5) is 8.78 Å². The van der Waals surface area contributed by atoms with Crippen LogP contribution in [0.1, 0.15) is 21.5 Å². The monoisotopic (exact) mass is 260 g/mol. The number of methoxy groups -OCH3 is 1. The van der Waals surface area contributed by atoms with Gasteiger partial charge in [0.2, 0.25) is 0 Å². The fraction of sp³-hybridized carbons (Fsp3) is 0.133. The number of rotatable bonds is 1. The Labute approximate surface area is 108 Å². The van der Waals surface area contributed by atoms with E-state index in [1.165, 1.54) is 31.4 Å². The van der Waals surface area contributed by atoms with Gasteiger partial charge in [-0.25, -0.2) is 4.79 Å². The molecule has 0 N–H and O–H groups in total. The first-order valence-corrected chi connectivity index (χ1v) is 5.76. The van der Waals surface area contributed by atoms with Crippen LogP contribution in [0.3, 0.4) is 0 Å². The van der Waals surface area contributed by atoms with E-state index in [0.717, 1.165) is 0 Å². The van der Waals surface area contributed by atoms with Crippen molar-refractivity contribution in [2.45, 2.75) is 5.92 Å². The van der Waals surface area contributed by atoms with Gasteiger partial charge in [-0.1, -0.05) is 30.3 Å². The second-order valence-electron chi connectivity index (χ2n) is 4.37. The maximum absolute atomic E-state index is 14.2. The second-order valence-corrected chi connectivity index (χ2v) is 4.37. The van der Waals surface area contributed by atoms with Crippen molar-refractivity contribution < 1.29 is 18.3 Å². The zero-order valence-electron chi connectivity index (χ0n) is 10.1. The Morgan fingerprint density at radius 1 is 1.05 bits per heavy atom. The lowest BCUT2D eigenvalue weighted by molar-refractivity contribution is 0.0477. The quantitative estimate of drug-likeness (QED) is 0.732. The molecule has 0 fully saturated rings. The minimum atomic E-state index is -3.01. The third-order valence-corrected chi connectivity index (χ3v) is 3.33. The van der Waals surface area contributed by atoms with Crippen LogP contribution in [-0.2, 0) is 10.7 Å². The van der Waals surface area contributed by atoms with Gasteiger partial charge < -0.3 is 4.74 Å². The molecule has 0 radical (unpaired) electrons. The maximum atomic E-state index is 14.2. The minimum absolute atomic E-state index is 0.0213. The van der Waals surface area contributed by atoms with Crippen LogP contribution in [0.15, 0.2) is 42.5 Å². The molecular formula is C15H10F2O2. The molecule has 1 aliphatic rings. The molecule has 0 spiro atoms. The first-order chi connectivity index (χ1) is 9.05. The molecule has 0 unspecified atom stereocenters. The molecule has 1 aliphatic carbocycles. The fourth-order valence-corrected chi connectivity index (χ4v) is 2.42. The molecule has 0 bridgehead atoms. The Balaban J connectivity index is 2.26. The SMILES string of the molecule is COC(=O)c1ccc2c(c1)-c1ccccc1C2(F)F. The van der Waals surface area contributed by atoms with E-state index in [2.05, 4.69) is 4.74 Å². The number of hydrogen-bond acceptors (Lipinski definition) is 2. The van der Waals surface area contributed by atoms with Gasteiger partial charge in [0.1, 0.15) is 0 Å². The summed E-state index contributed by atoms with van der Waals surface area (Å²) in [4.78, 5) is 11.5. The summed E-state index contributed by atoms with van der Waals surface area (Å²) in [5, 5.41) is 0. The molecule has 0 amide bonds. The van der Waals surface area contributed by atoms with Gasteiger partial charge in [-0.05, 0) is 23.3 Å². The molecule has 0 aliphatic heterocycles. The van der Waals surface area contributed by atoms with Gasteiger partial charge in [-0.3, -0.25) is 0 Å². The predicted molar refractivity (Wildman–Crippen MR) is 66.2 cm³/mol. The van der Waals surface area contributed by atoms with Crippen molar-refractivity contribution in [3.05, 3.63) is 59.2 Å². The van der Waals surface area contributed by atoms with E-state index in [-0.39, 0.29) is 16.7 Å². The summed E-state index contributed by atoms with van der Waals surface area (Å²) in [5.41, 5.74) is 1.04. The fourth-order valence-electron chi connectivity index (χ4n) is 2.42. The summed E-state index contributed by atoms with van der Waals surface area (Å²) in [6.07, 6.45) is 0. The molecule has 96 valence electrons. The number of benzene rings is 2. The van der Waals surface area contributed by atoms with Crippen molar-refractivity contribution in [2.24, 2.45) is 0 Å². The highest BCUT2D eigenvalue weighted by Crippen LogP contribution is 2.50. The minimum Gasteiger partial charge on any atom is -0.465 e. The Morgan fingerprint density at radius 3 is 2.47 bits per heavy atom. The molecule has 4 heteroatoms. The number of carbonyl (C=O) groups excluding carboxylic acids is 1. The normalized spacial score (nSPS) is 14.7. The third kappa shape index (κ3) is 1.56. The number of fused-ring (bicyclic) bond motifs is 3. The maximum Gasteiger partial charge on any atom is 0.337 e. The van der Waals surface area contributed by atoms with Crippen LogP contribution >= 0.6 is 0 Å². The van der Waals surface area contributed by atoms with E-state index in [4.69, 9.17) is 0 Å². The predicted octanol–water partition coefficient (Wildman–Crippen LogP) is 3.59. The molecule has 2 aromatic rings. The molecule has 0 atom stereocenters. The van der Waals surface area contributed by atoms with Crippen molar-refractivity contribution in [3.63, 3.8) is 0 Å². The third-order valence-electron chi connectivity index (χ3n) is 3.33.